The van der Waals surface area contributed by atoms with E-state index in [9.17, 15) is 9.46 Å². The second-order valence-electron chi connectivity index (χ2n) is 11.9. The number of nitrogens with zero attached hydrogens (tertiary/aromatic N) is 8. The van der Waals surface area contributed by atoms with Crippen molar-refractivity contribution in [3.63, 3.8) is 0 Å². The topological polar surface area (TPSA) is 226 Å². The minimum atomic E-state index is -4.38. The Labute approximate surface area is 284 Å². The molecule has 4 aromatic rings. The second-order valence-corrected chi connectivity index (χ2v) is 17.6. The first-order valence-corrected chi connectivity index (χ1v) is 20.3. The maximum absolute atomic E-state index is 16.3. The van der Waals surface area contributed by atoms with Gasteiger partial charge >= 0.3 is 13.5 Å². The smallest absolute Gasteiger partial charge is 0.366 e. The van der Waals surface area contributed by atoms with Gasteiger partial charge in [-0.2, -0.15) is 0 Å². The molecule has 262 valence electrons. The van der Waals surface area contributed by atoms with E-state index in [4.69, 9.17) is 39.4 Å². The second kappa shape index (κ2) is 12.0. The van der Waals surface area contributed by atoms with E-state index in [0.29, 0.717) is 35.8 Å². The Kier molecular flexibility index (Phi) is 7.95. The van der Waals surface area contributed by atoms with Crippen molar-refractivity contribution in [3.8, 4) is 0 Å². The van der Waals surface area contributed by atoms with E-state index in [-0.39, 0.29) is 23.4 Å². The van der Waals surface area contributed by atoms with Gasteiger partial charge in [0.25, 0.3) is 0 Å². The van der Waals surface area contributed by atoms with Crippen molar-refractivity contribution >= 4 is 71.5 Å². The fourth-order valence-corrected chi connectivity index (χ4v) is 9.35. The van der Waals surface area contributed by atoms with E-state index in [2.05, 4.69) is 58.1 Å². The van der Waals surface area contributed by atoms with E-state index in [1.807, 2.05) is 0 Å². The Morgan fingerprint density at radius 2 is 1.33 bits per heavy atom. The number of imidazole rings is 2. The summed E-state index contributed by atoms with van der Waals surface area (Å²) in [5.74, 6) is 0.823. The van der Waals surface area contributed by atoms with Crippen molar-refractivity contribution in [3.05, 3.63) is 25.3 Å². The molecular formula is C24H27F2N11O8P2S2. The molecule has 4 fully saturated rings. The van der Waals surface area contributed by atoms with Crippen LogP contribution in [0.3, 0.4) is 0 Å². The van der Waals surface area contributed by atoms with Crippen molar-refractivity contribution in [1.82, 2.24) is 44.4 Å². The van der Waals surface area contributed by atoms with Gasteiger partial charge in [-0.3, -0.25) is 22.7 Å². The normalized spacial score (nSPS) is 40.8. The number of halogens is 2. The lowest BCUT2D eigenvalue weighted by molar-refractivity contribution is -0.0564. The Morgan fingerprint density at radius 3 is 1.88 bits per heavy atom. The van der Waals surface area contributed by atoms with Crippen LogP contribution in [0.1, 0.15) is 12.5 Å². The minimum Gasteiger partial charge on any atom is -0.366 e. The molecule has 14 bridgehead atoms. The first-order chi connectivity index (χ1) is 23.6. The van der Waals surface area contributed by atoms with Crippen LogP contribution in [0.15, 0.2) is 25.3 Å². The molecule has 19 nitrogen and oxygen atoms in total. The van der Waals surface area contributed by atoms with Crippen LogP contribution in [0.25, 0.3) is 22.3 Å². The molecule has 0 radical (unpaired) electrons. The van der Waals surface area contributed by atoms with Crippen molar-refractivity contribution in [2.24, 2.45) is 0 Å². The summed E-state index contributed by atoms with van der Waals surface area (Å²) in [6.45, 7) is -8.87. The number of alkyl halides is 2. The van der Waals surface area contributed by atoms with Gasteiger partial charge in [0, 0.05) is 25.2 Å². The summed E-state index contributed by atoms with van der Waals surface area (Å²) in [4.78, 5) is 37.1. The van der Waals surface area contributed by atoms with Crippen molar-refractivity contribution in [1.29, 1.82) is 0 Å². The fourth-order valence-electron chi connectivity index (χ4n) is 6.43. The third-order valence-corrected chi connectivity index (χ3v) is 12.1. The van der Waals surface area contributed by atoms with Crippen LogP contribution in [0, 0.1) is 0 Å². The van der Waals surface area contributed by atoms with Crippen LogP contribution < -0.4 is 16.0 Å². The SMILES string of the molecule is O=P1(S)OC[C@H]2OC3[C@H](F)[C@@H]2OP(O)(=S)OCC2O[C@H]([C@H](F)[C@@H]2O1)n1cnc2c(ncnc21)NCC1NC1CNc1ncnc2c1ncn23. The average Bonchev–Trinajstić information content (AvgIpc) is 3.34. The maximum atomic E-state index is 16.3. The summed E-state index contributed by atoms with van der Waals surface area (Å²) in [7, 11) is 0. The van der Waals surface area contributed by atoms with Gasteiger partial charge in [-0.25, -0.2) is 43.2 Å². The third-order valence-electron chi connectivity index (χ3n) is 8.90. The molecule has 6 aliphatic rings. The molecule has 4 aromatic heterocycles. The molecule has 0 spiro atoms. The molecule has 6 unspecified atom stereocenters. The lowest BCUT2D eigenvalue weighted by Gasteiger charge is -2.29. The molecule has 0 saturated carbocycles. The zero-order valence-corrected chi connectivity index (χ0v) is 28.3. The van der Waals surface area contributed by atoms with Crippen molar-refractivity contribution in [2.75, 3.05) is 36.9 Å². The van der Waals surface area contributed by atoms with Crippen molar-refractivity contribution in [2.45, 2.75) is 61.3 Å². The number of hydrogen-bond acceptors (Lipinski definition) is 17. The van der Waals surface area contributed by atoms with Gasteiger partial charge in [0.05, 0.1) is 25.9 Å². The number of nitrogens with one attached hydrogen (secondary N) is 3. The maximum Gasteiger partial charge on any atom is 0.386 e. The molecule has 10 heterocycles. The van der Waals surface area contributed by atoms with Gasteiger partial charge in [0.15, 0.2) is 58.8 Å². The quantitative estimate of drug-likeness (QED) is 0.0969. The Morgan fingerprint density at radius 1 is 0.816 bits per heavy atom. The number of aromatic nitrogens is 8. The van der Waals surface area contributed by atoms with Gasteiger partial charge in [-0.15, -0.1) is 0 Å². The van der Waals surface area contributed by atoms with Gasteiger partial charge in [0.1, 0.15) is 37.1 Å². The number of ether oxygens (including phenoxy) is 2. The molecule has 0 aliphatic carbocycles. The Bertz CT molecular complexity index is 1890. The molecule has 0 amide bonds. The molecule has 4 saturated heterocycles. The average molecular weight is 762 g/mol. The van der Waals surface area contributed by atoms with Gasteiger partial charge in [0.2, 0.25) is 0 Å². The highest BCUT2D eigenvalue weighted by molar-refractivity contribution is 8.44. The van der Waals surface area contributed by atoms with E-state index in [0.717, 1.165) is 0 Å². The largest absolute Gasteiger partial charge is 0.386 e. The Balaban J connectivity index is 1.12. The van der Waals surface area contributed by atoms with E-state index >= 15 is 8.78 Å². The summed E-state index contributed by atoms with van der Waals surface area (Å²) in [5, 5.41) is 9.90. The highest BCUT2D eigenvalue weighted by Crippen LogP contribution is 2.58. The number of rotatable bonds is 0. The molecule has 25 heteroatoms. The molecule has 0 aromatic carbocycles. The molecular weight excluding hydrogens is 734 g/mol. The van der Waals surface area contributed by atoms with Crippen LogP contribution in [0.2, 0.25) is 0 Å². The zero-order chi connectivity index (χ0) is 33.7. The third kappa shape index (κ3) is 5.82. The van der Waals surface area contributed by atoms with E-state index in [1.54, 1.807) is 0 Å². The highest BCUT2D eigenvalue weighted by atomic mass is 32.7. The van der Waals surface area contributed by atoms with Crippen molar-refractivity contribution < 1.29 is 45.8 Å². The van der Waals surface area contributed by atoms with E-state index < -0.39 is 75.9 Å². The summed E-state index contributed by atoms with van der Waals surface area (Å²) >= 11 is 9.30. The molecule has 6 aliphatic heterocycles. The Hall–Kier alpha value is -2.53. The van der Waals surface area contributed by atoms with Crippen LogP contribution in [0.5, 0.6) is 0 Å². The number of thiol groups is 1. The minimum absolute atomic E-state index is 0.0655. The molecule has 49 heavy (non-hydrogen) atoms. The first-order valence-electron chi connectivity index (χ1n) is 15.0. The zero-order valence-electron chi connectivity index (χ0n) is 24.8. The first kappa shape index (κ1) is 32.4. The van der Waals surface area contributed by atoms with Gasteiger partial charge in [-0.1, -0.05) is 12.2 Å². The molecule has 10 rings (SSSR count). The number of anilines is 2. The lowest BCUT2D eigenvalue weighted by atomic mass is 10.1. The molecule has 4 N–H and O–H groups in total. The fraction of sp³-hybridized carbons (Fsp3) is 0.583. The predicted octanol–water partition coefficient (Wildman–Crippen LogP) is 1.39. The van der Waals surface area contributed by atoms with Crippen LogP contribution in [-0.4, -0.2) is 119 Å². The number of fused-ring (bicyclic) bond motifs is 8. The monoisotopic (exact) mass is 761 g/mol. The van der Waals surface area contributed by atoms with E-state index in [1.165, 1.54) is 34.4 Å². The lowest BCUT2D eigenvalue weighted by Crippen LogP contribution is -2.37. The summed E-state index contributed by atoms with van der Waals surface area (Å²) in [6.07, 6.45) is -7.31. The summed E-state index contributed by atoms with van der Waals surface area (Å²) in [6, 6.07) is 0.131. The van der Waals surface area contributed by atoms with Gasteiger partial charge < -0.3 is 34.8 Å². The molecule has 12 atom stereocenters. The van der Waals surface area contributed by atoms with Gasteiger partial charge in [-0.05, 0) is 11.8 Å². The standard InChI is InChI=1S/C24H27F2N11O8P2S2/c25-13-17-11-3-40-47(39,49)45-18-12(4-41-46(38,48)44-17)43-24(14(18)26)37-8-34-16-20(30-6-32-22(16)37)28-2-10-9(35-10)1-27-19-15-21(31-5-29-19)36(7-33-15)23(13)42-11/h5-14,17-18,23-24,35H,1-4H2,(H,38,48)(H,39,49)(H,27,29,31)(H,28,30,32)/t9?,10?,11-,12?,13-,14-,17-,18-,23?,24-,46?,47?/m1/s1. The van der Waals surface area contributed by atoms with Crippen LogP contribution in [0.4, 0.5) is 20.4 Å². The van der Waals surface area contributed by atoms with Crippen LogP contribution >= 0.6 is 25.8 Å². The predicted molar refractivity (Wildman–Crippen MR) is 171 cm³/mol. The number of hydrogen-bond donors (Lipinski definition) is 5. The van der Waals surface area contributed by atoms with Crippen LogP contribution in [-0.2, 0) is 43.9 Å². The summed E-state index contributed by atoms with van der Waals surface area (Å²) in [5.41, 5.74) is 1.17. The summed E-state index contributed by atoms with van der Waals surface area (Å²) < 4.78 is 83.1. The highest BCUT2D eigenvalue weighted by Gasteiger charge is 2.54.